The molecule has 0 spiro atoms. The summed E-state index contributed by atoms with van der Waals surface area (Å²) in [6, 6.07) is 13.4. The number of aryl methyl sites for hydroxylation is 3. The van der Waals surface area contributed by atoms with Crippen LogP contribution in [0.5, 0.6) is 5.75 Å². The SMILES string of the molecule is Cc1ccc(C(=O)Nc2nc(CCOc3ccc4c(c3)CC[C@H]4CC(=O)O)c(C)s2)cc1. The highest BCUT2D eigenvalue weighted by atomic mass is 32.1. The van der Waals surface area contributed by atoms with E-state index in [0.717, 1.165) is 40.3 Å². The van der Waals surface area contributed by atoms with E-state index in [1.54, 1.807) is 12.1 Å². The third-order valence-corrected chi connectivity index (χ3v) is 6.70. The summed E-state index contributed by atoms with van der Waals surface area (Å²) in [7, 11) is 0. The van der Waals surface area contributed by atoms with Crippen LogP contribution in [0.1, 0.15) is 56.4 Å². The summed E-state index contributed by atoms with van der Waals surface area (Å²) in [5.41, 5.74) is 4.94. The van der Waals surface area contributed by atoms with Gasteiger partial charge < -0.3 is 9.84 Å². The molecule has 2 aromatic carbocycles. The van der Waals surface area contributed by atoms with E-state index >= 15 is 0 Å². The third-order valence-electron chi connectivity index (χ3n) is 5.77. The van der Waals surface area contributed by atoms with Crippen LogP contribution < -0.4 is 10.1 Å². The molecule has 166 valence electrons. The molecule has 1 aliphatic carbocycles. The molecule has 0 saturated carbocycles. The maximum Gasteiger partial charge on any atom is 0.303 e. The van der Waals surface area contributed by atoms with Gasteiger partial charge in [-0.25, -0.2) is 4.98 Å². The minimum atomic E-state index is -0.753. The largest absolute Gasteiger partial charge is 0.493 e. The molecule has 1 aliphatic rings. The van der Waals surface area contributed by atoms with Crippen molar-refractivity contribution in [2.75, 3.05) is 11.9 Å². The molecule has 1 heterocycles. The van der Waals surface area contributed by atoms with Crippen LogP contribution in [0, 0.1) is 13.8 Å². The molecule has 0 bridgehead atoms. The monoisotopic (exact) mass is 450 g/mol. The van der Waals surface area contributed by atoms with Crippen molar-refractivity contribution in [2.45, 2.75) is 45.4 Å². The van der Waals surface area contributed by atoms with Crippen LogP contribution in [0.25, 0.3) is 0 Å². The molecule has 0 aliphatic heterocycles. The van der Waals surface area contributed by atoms with Crippen molar-refractivity contribution in [1.29, 1.82) is 0 Å². The van der Waals surface area contributed by atoms with Crippen molar-refractivity contribution in [3.63, 3.8) is 0 Å². The molecule has 0 unspecified atom stereocenters. The van der Waals surface area contributed by atoms with Gasteiger partial charge in [-0.1, -0.05) is 23.8 Å². The van der Waals surface area contributed by atoms with Crippen molar-refractivity contribution in [2.24, 2.45) is 0 Å². The van der Waals surface area contributed by atoms with Gasteiger partial charge in [-0.15, -0.1) is 11.3 Å². The number of rotatable bonds is 8. The molecule has 0 fully saturated rings. The standard InChI is InChI=1S/C25H26N2O4S/c1-15-3-5-17(6-4-15)24(30)27-25-26-22(16(2)32-25)11-12-31-20-9-10-21-18(13-20)7-8-19(21)14-23(28)29/h3-6,9-10,13,19H,7-8,11-12,14H2,1-2H3,(H,28,29)(H,26,27,30)/t19-/m0/s1. The van der Waals surface area contributed by atoms with E-state index in [1.807, 2.05) is 44.2 Å². The fourth-order valence-electron chi connectivity index (χ4n) is 4.05. The zero-order chi connectivity index (χ0) is 22.7. The number of benzene rings is 2. The van der Waals surface area contributed by atoms with Gasteiger partial charge >= 0.3 is 5.97 Å². The second-order valence-corrected chi connectivity index (χ2v) is 9.34. The lowest BCUT2D eigenvalue weighted by Crippen LogP contribution is -2.11. The van der Waals surface area contributed by atoms with E-state index < -0.39 is 5.97 Å². The van der Waals surface area contributed by atoms with Gasteiger partial charge in [0.2, 0.25) is 0 Å². The number of fused-ring (bicyclic) bond motifs is 1. The van der Waals surface area contributed by atoms with Crippen molar-refractivity contribution in [3.05, 3.63) is 75.3 Å². The lowest BCUT2D eigenvalue weighted by atomic mass is 9.98. The zero-order valence-electron chi connectivity index (χ0n) is 18.2. The number of carboxylic acids is 1. The molecule has 1 atom stereocenters. The normalized spacial score (nSPS) is 14.8. The Labute approximate surface area is 191 Å². The second-order valence-electron chi connectivity index (χ2n) is 8.13. The summed E-state index contributed by atoms with van der Waals surface area (Å²) in [6.45, 7) is 4.46. The number of nitrogens with zero attached hydrogens (tertiary/aromatic N) is 1. The number of aliphatic carboxylic acids is 1. The van der Waals surface area contributed by atoms with Gasteiger partial charge in [0.25, 0.3) is 5.91 Å². The number of amides is 1. The predicted molar refractivity (Wildman–Crippen MR) is 125 cm³/mol. The Kier molecular flexibility index (Phi) is 6.55. The molecule has 32 heavy (non-hydrogen) atoms. The summed E-state index contributed by atoms with van der Waals surface area (Å²) >= 11 is 1.46. The number of anilines is 1. The number of hydrogen-bond acceptors (Lipinski definition) is 5. The highest BCUT2D eigenvalue weighted by Crippen LogP contribution is 2.37. The molecule has 1 aromatic heterocycles. The first kappa shape index (κ1) is 22.0. The summed E-state index contributed by atoms with van der Waals surface area (Å²) in [4.78, 5) is 29.1. The smallest absolute Gasteiger partial charge is 0.303 e. The third kappa shape index (κ3) is 5.16. The molecule has 3 aromatic rings. The van der Waals surface area contributed by atoms with Crippen molar-refractivity contribution >= 4 is 28.3 Å². The maximum atomic E-state index is 12.4. The zero-order valence-corrected chi connectivity index (χ0v) is 19.0. The van der Waals surface area contributed by atoms with Gasteiger partial charge in [0.05, 0.1) is 18.7 Å². The van der Waals surface area contributed by atoms with Crippen LogP contribution in [0.2, 0.25) is 0 Å². The number of thiazole rings is 1. The Morgan fingerprint density at radius 1 is 1.19 bits per heavy atom. The number of carbonyl (C=O) groups excluding carboxylic acids is 1. The van der Waals surface area contributed by atoms with Gasteiger partial charge in [-0.05, 0) is 68.0 Å². The second kappa shape index (κ2) is 9.53. The van der Waals surface area contributed by atoms with Crippen LogP contribution in [0.15, 0.2) is 42.5 Å². The molecule has 0 radical (unpaired) electrons. The minimum Gasteiger partial charge on any atom is -0.493 e. The minimum absolute atomic E-state index is 0.0998. The molecule has 1 amide bonds. The topological polar surface area (TPSA) is 88.5 Å². The fourth-order valence-corrected chi connectivity index (χ4v) is 4.90. The molecule has 2 N–H and O–H groups in total. The van der Waals surface area contributed by atoms with Crippen LogP contribution >= 0.6 is 11.3 Å². The number of ether oxygens (including phenoxy) is 1. The summed E-state index contributed by atoms with van der Waals surface area (Å²) in [5, 5.41) is 12.5. The number of hydrogen-bond donors (Lipinski definition) is 2. The van der Waals surface area contributed by atoms with E-state index in [-0.39, 0.29) is 18.2 Å². The molecule has 4 rings (SSSR count). The first-order valence-electron chi connectivity index (χ1n) is 10.7. The van der Waals surface area contributed by atoms with Gasteiger partial charge in [0.1, 0.15) is 5.75 Å². The molecular weight excluding hydrogens is 424 g/mol. The van der Waals surface area contributed by atoms with Crippen molar-refractivity contribution in [3.8, 4) is 5.75 Å². The summed E-state index contributed by atoms with van der Waals surface area (Å²) in [5.74, 6) is -0.0274. The van der Waals surface area contributed by atoms with E-state index in [4.69, 9.17) is 9.84 Å². The van der Waals surface area contributed by atoms with Crippen LogP contribution in [0.4, 0.5) is 5.13 Å². The Balaban J connectivity index is 1.32. The summed E-state index contributed by atoms with van der Waals surface area (Å²) < 4.78 is 5.94. The van der Waals surface area contributed by atoms with Crippen LogP contribution in [0.3, 0.4) is 0 Å². The summed E-state index contributed by atoms with van der Waals surface area (Å²) in [6.07, 6.45) is 2.58. The Morgan fingerprint density at radius 2 is 1.97 bits per heavy atom. The predicted octanol–water partition coefficient (Wildman–Crippen LogP) is 5.14. The van der Waals surface area contributed by atoms with E-state index in [0.29, 0.717) is 23.7 Å². The highest BCUT2D eigenvalue weighted by molar-refractivity contribution is 7.15. The first-order chi connectivity index (χ1) is 15.4. The number of carbonyl (C=O) groups is 2. The molecule has 0 saturated heterocycles. The number of carboxylic acid groups (broad SMARTS) is 1. The van der Waals surface area contributed by atoms with Crippen molar-refractivity contribution in [1.82, 2.24) is 4.98 Å². The van der Waals surface area contributed by atoms with Crippen molar-refractivity contribution < 1.29 is 19.4 Å². The van der Waals surface area contributed by atoms with E-state index in [1.165, 1.54) is 16.9 Å². The Hall–Kier alpha value is -3.19. The average molecular weight is 451 g/mol. The number of aromatic nitrogens is 1. The Bertz CT molecular complexity index is 1140. The van der Waals surface area contributed by atoms with Gasteiger partial charge in [-0.3, -0.25) is 14.9 Å². The molecule has 7 heteroatoms. The maximum absolute atomic E-state index is 12.4. The Morgan fingerprint density at radius 3 is 2.72 bits per heavy atom. The van der Waals surface area contributed by atoms with Crippen LogP contribution in [-0.4, -0.2) is 28.6 Å². The fraction of sp³-hybridized carbons (Fsp3) is 0.320. The number of nitrogens with one attached hydrogen (secondary N) is 1. The first-order valence-corrected chi connectivity index (χ1v) is 11.5. The highest BCUT2D eigenvalue weighted by Gasteiger charge is 2.25. The average Bonchev–Trinajstić information content (AvgIpc) is 3.30. The lowest BCUT2D eigenvalue weighted by molar-refractivity contribution is -0.137. The van der Waals surface area contributed by atoms with E-state index in [2.05, 4.69) is 10.3 Å². The van der Waals surface area contributed by atoms with Gasteiger partial charge in [0, 0.05) is 16.9 Å². The van der Waals surface area contributed by atoms with E-state index in [9.17, 15) is 9.59 Å². The quantitative estimate of drug-likeness (QED) is 0.496. The van der Waals surface area contributed by atoms with Gasteiger partial charge in [0.15, 0.2) is 5.13 Å². The molecular formula is C25H26N2O4S. The molecule has 6 nitrogen and oxygen atoms in total. The lowest BCUT2D eigenvalue weighted by Gasteiger charge is -2.10. The van der Waals surface area contributed by atoms with Gasteiger partial charge in [-0.2, -0.15) is 0 Å². The van der Waals surface area contributed by atoms with Crippen LogP contribution in [-0.2, 0) is 17.6 Å².